The zero-order chi connectivity index (χ0) is 15.1. The molecule has 1 rings (SSSR count). The molecule has 0 heterocycles. The van der Waals surface area contributed by atoms with Gasteiger partial charge >= 0.3 is 0 Å². The van der Waals surface area contributed by atoms with Crippen LogP contribution in [0.15, 0.2) is 17.2 Å². The van der Waals surface area contributed by atoms with E-state index in [1.54, 1.807) is 18.3 Å². The Morgan fingerprint density at radius 2 is 1.85 bits per heavy atom. The van der Waals surface area contributed by atoms with Gasteiger partial charge in [0.25, 0.3) is 0 Å². The maximum absolute atomic E-state index is 9.79. The van der Waals surface area contributed by atoms with Crippen molar-refractivity contribution in [3.63, 3.8) is 0 Å². The Hall–Kier alpha value is -2.02. The average molecular weight is 297 g/mol. The van der Waals surface area contributed by atoms with E-state index >= 15 is 0 Å². The highest BCUT2D eigenvalue weighted by molar-refractivity contribution is 7.80. The maximum Gasteiger partial charge on any atom is 0.200 e. The summed E-state index contributed by atoms with van der Waals surface area (Å²) in [4.78, 5) is 0. The lowest BCUT2D eigenvalue weighted by Gasteiger charge is -2.10. The highest BCUT2D eigenvalue weighted by Gasteiger charge is 2.10. The van der Waals surface area contributed by atoms with Gasteiger partial charge in [0.15, 0.2) is 16.6 Å². The standard InChI is InChI=1S/C13H19N3O3S/c1-8(2)15-13(20)16-14-7-9-5-10(18-3)12(17)11(6-9)19-4/h5-8,17H,1-4H3,(H2,15,16,20)/b14-7+. The summed E-state index contributed by atoms with van der Waals surface area (Å²) in [6, 6.07) is 3.52. The molecule has 0 amide bonds. The van der Waals surface area contributed by atoms with Crippen molar-refractivity contribution in [1.82, 2.24) is 10.7 Å². The third kappa shape index (κ3) is 4.58. The van der Waals surface area contributed by atoms with Crippen LogP contribution >= 0.6 is 12.2 Å². The number of phenols is 1. The molecule has 0 atom stereocenters. The van der Waals surface area contributed by atoms with Gasteiger partial charge < -0.3 is 19.9 Å². The number of hydrogen-bond acceptors (Lipinski definition) is 5. The number of aromatic hydroxyl groups is 1. The Morgan fingerprint density at radius 1 is 1.30 bits per heavy atom. The molecule has 3 N–H and O–H groups in total. The first-order valence-corrected chi connectivity index (χ1v) is 6.43. The molecule has 110 valence electrons. The normalized spacial score (nSPS) is 10.7. The fraction of sp³-hybridized carbons (Fsp3) is 0.385. The van der Waals surface area contributed by atoms with Gasteiger partial charge in [-0.25, -0.2) is 0 Å². The number of hydrazone groups is 1. The van der Waals surface area contributed by atoms with Crippen molar-refractivity contribution in [3.05, 3.63) is 17.7 Å². The van der Waals surface area contributed by atoms with Crippen LogP contribution in [-0.2, 0) is 0 Å². The third-order valence-corrected chi connectivity index (χ3v) is 2.51. The van der Waals surface area contributed by atoms with Gasteiger partial charge in [-0.15, -0.1) is 0 Å². The third-order valence-electron chi connectivity index (χ3n) is 2.30. The Labute approximate surface area is 123 Å². The molecule has 1 aromatic carbocycles. The van der Waals surface area contributed by atoms with Crippen LogP contribution in [0.3, 0.4) is 0 Å². The molecule has 0 saturated heterocycles. The zero-order valence-corrected chi connectivity index (χ0v) is 12.7. The molecule has 20 heavy (non-hydrogen) atoms. The molecule has 0 saturated carbocycles. The van der Waals surface area contributed by atoms with Crippen LogP contribution in [0.5, 0.6) is 17.2 Å². The van der Waals surface area contributed by atoms with Gasteiger partial charge in [-0.2, -0.15) is 5.10 Å². The van der Waals surface area contributed by atoms with E-state index in [4.69, 9.17) is 21.7 Å². The van der Waals surface area contributed by atoms with Gasteiger partial charge in [0.1, 0.15) is 0 Å². The van der Waals surface area contributed by atoms with E-state index < -0.39 is 0 Å². The summed E-state index contributed by atoms with van der Waals surface area (Å²) < 4.78 is 10.1. The minimum absolute atomic E-state index is 0.0443. The van der Waals surface area contributed by atoms with Crippen molar-refractivity contribution in [3.8, 4) is 17.2 Å². The van der Waals surface area contributed by atoms with Crippen LogP contribution in [0, 0.1) is 0 Å². The van der Waals surface area contributed by atoms with Crippen LogP contribution in [-0.4, -0.2) is 36.7 Å². The van der Waals surface area contributed by atoms with E-state index in [1.165, 1.54) is 14.2 Å². The van der Waals surface area contributed by atoms with E-state index in [9.17, 15) is 5.11 Å². The molecule has 7 heteroatoms. The topological polar surface area (TPSA) is 75.1 Å². The SMILES string of the molecule is COc1cc(/C=N/NC(=S)NC(C)C)cc(OC)c1O. The van der Waals surface area contributed by atoms with Crippen LogP contribution in [0.2, 0.25) is 0 Å². The summed E-state index contributed by atoms with van der Waals surface area (Å²) in [5.41, 5.74) is 3.40. The Kier molecular flexibility index (Phi) is 6.05. The van der Waals surface area contributed by atoms with Gasteiger partial charge in [0.2, 0.25) is 5.75 Å². The number of rotatable bonds is 5. The zero-order valence-electron chi connectivity index (χ0n) is 11.9. The minimum Gasteiger partial charge on any atom is -0.502 e. The van der Waals surface area contributed by atoms with E-state index in [0.717, 1.165) is 0 Å². The van der Waals surface area contributed by atoms with Crippen molar-refractivity contribution in [2.75, 3.05) is 14.2 Å². The molecule has 0 aliphatic carbocycles. The van der Waals surface area contributed by atoms with Gasteiger partial charge in [-0.3, -0.25) is 5.43 Å². The summed E-state index contributed by atoms with van der Waals surface area (Å²) >= 11 is 5.04. The molecule has 0 fully saturated rings. The number of phenolic OH excluding ortho intramolecular Hbond substituents is 1. The Bertz CT molecular complexity index is 479. The second kappa shape index (κ2) is 7.54. The second-order valence-electron chi connectivity index (χ2n) is 4.27. The lowest BCUT2D eigenvalue weighted by molar-refractivity contribution is 0.340. The van der Waals surface area contributed by atoms with Crippen molar-refractivity contribution in [1.29, 1.82) is 0 Å². The number of thiocarbonyl (C=S) groups is 1. The summed E-state index contributed by atoms with van der Waals surface area (Å²) in [5, 5.41) is 17.2. The van der Waals surface area contributed by atoms with Crippen molar-refractivity contribution in [2.24, 2.45) is 5.10 Å². The highest BCUT2D eigenvalue weighted by atomic mass is 32.1. The van der Waals surface area contributed by atoms with Gasteiger partial charge in [-0.05, 0) is 38.2 Å². The number of hydrogen-bond donors (Lipinski definition) is 3. The number of nitrogens with one attached hydrogen (secondary N) is 2. The van der Waals surface area contributed by atoms with Crippen molar-refractivity contribution < 1.29 is 14.6 Å². The summed E-state index contributed by atoms with van der Waals surface area (Å²) in [7, 11) is 2.94. The van der Waals surface area contributed by atoms with Crippen LogP contribution < -0.4 is 20.2 Å². The van der Waals surface area contributed by atoms with Crippen molar-refractivity contribution in [2.45, 2.75) is 19.9 Å². The van der Waals surface area contributed by atoms with Crippen LogP contribution in [0.1, 0.15) is 19.4 Å². The fourth-order valence-corrected chi connectivity index (χ4v) is 1.74. The molecule has 0 radical (unpaired) electrons. The number of benzene rings is 1. The molecule has 0 aliphatic heterocycles. The van der Waals surface area contributed by atoms with Gasteiger partial charge in [0.05, 0.1) is 20.4 Å². The highest BCUT2D eigenvalue weighted by Crippen LogP contribution is 2.36. The number of methoxy groups -OCH3 is 2. The van der Waals surface area contributed by atoms with E-state index in [2.05, 4.69) is 15.8 Å². The van der Waals surface area contributed by atoms with E-state index in [0.29, 0.717) is 22.2 Å². The molecular weight excluding hydrogens is 278 g/mol. The maximum atomic E-state index is 9.79. The Balaban J connectivity index is 2.79. The first kappa shape index (κ1) is 16.0. The monoisotopic (exact) mass is 297 g/mol. The van der Waals surface area contributed by atoms with Gasteiger partial charge in [0, 0.05) is 11.6 Å². The van der Waals surface area contributed by atoms with Crippen LogP contribution in [0.25, 0.3) is 0 Å². The summed E-state index contributed by atoms with van der Waals surface area (Å²) in [6.45, 7) is 3.96. The molecule has 0 aliphatic rings. The van der Waals surface area contributed by atoms with Gasteiger partial charge in [-0.1, -0.05) is 0 Å². The second-order valence-corrected chi connectivity index (χ2v) is 4.68. The molecule has 1 aromatic rings. The Morgan fingerprint density at radius 3 is 2.30 bits per heavy atom. The number of nitrogens with zero attached hydrogens (tertiary/aromatic N) is 1. The number of ether oxygens (including phenoxy) is 2. The predicted octanol–water partition coefficient (Wildman–Crippen LogP) is 1.62. The summed E-state index contributed by atoms with van der Waals surface area (Å²) in [6.07, 6.45) is 1.55. The molecular formula is C13H19N3O3S. The molecule has 6 nitrogen and oxygen atoms in total. The minimum atomic E-state index is -0.0443. The van der Waals surface area contributed by atoms with E-state index in [1.807, 2.05) is 13.8 Å². The first-order chi connectivity index (χ1) is 9.47. The molecule has 0 bridgehead atoms. The first-order valence-electron chi connectivity index (χ1n) is 6.02. The average Bonchev–Trinajstić information content (AvgIpc) is 2.39. The molecule has 0 aromatic heterocycles. The summed E-state index contributed by atoms with van der Waals surface area (Å²) in [5.74, 6) is 0.583. The largest absolute Gasteiger partial charge is 0.502 e. The lowest BCUT2D eigenvalue weighted by Crippen LogP contribution is -2.36. The van der Waals surface area contributed by atoms with Crippen molar-refractivity contribution >= 4 is 23.5 Å². The molecule has 0 unspecified atom stereocenters. The lowest BCUT2D eigenvalue weighted by atomic mass is 10.2. The fourth-order valence-electron chi connectivity index (χ4n) is 1.45. The predicted molar refractivity (Wildman–Crippen MR) is 82.8 cm³/mol. The smallest absolute Gasteiger partial charge is 0.200 e. The molecule has 0 spiro atoms. The quantitative estimate of drug-likeness (QED) is 0.435. The van der Waals surface area contributed by atoms with E-state index in [-0.39, 0.29) is 11.8 Å². The van der Waals surface area contributed by atoms with Crippen LogP contribution in [0.4, 0.5) is 0 Å².